The highest BCUT2D eigenvalue weighted by Gasteiger charge is 2.18. The van der Waals surface area contributed by atoms with Crippen LogP contribution in [-0.4, -0.2) is 32.1 Å². The lowest BCUT2D eigenvalue weighted by Gasteiger charge is -2.10. The molecule has 8 heteroatoms. The molecule has 0 aliphatic rings. The molecule has 5 aromatic rings. The van der Waals surface area contributed by atoms with Crippen LogP contribution in [0.15, 0.2) is 77.6 Å². The number of halogens is 1. The largest absolute Gasteiger partial charge is 0.497 e. The van der Waals surface area contributed by atoms with E-state index in [1.807, 2.05) is 36.4 Å². The summed E-state index contributed by atoms with van der Waals surface area (Å²) in [7, 11) is 1.58. The van der Waals surface area contributed by atoms with Gasteiger partial charge in [0.05, 0.1) is 19.2 Å². The molecule has 0 aliphatic heterocycles. The number of Topliss-reactive ketones (excluding diaryl/α,β-unsaturated/α-hetero) is 1. The summed E-state index contributed by atoms with van der Waals surface area (Å²) < 4.78 is 7.93. The molecule has 0 saturated carbocycles. The van der Waals surface area contributed by atoms with Crippen molar-refractivity contribution in [2.24, 2.45) is 0 Å². The molecule has 2 heterocycles. The molecule has 158 valence electrons. The molecule has 0 spiro atoms. The van der Waals surface area contributed by atoms with Crippen LogP contribution in [0.3, 0.4) is 0 Å². The predicted octanol–water partition coefficient (Wildman–Crippen LogP) is 4.26. The number of carbonyl (C=O) groups is 1. The predicted molar refractivity (Wildman–Crippen MR) is 123 cm³/mol. The Bertz CT molecular complexity index is 1550. The first kappa shape index (κ1) is 20.0. The van der Waals surface area contributed by atoms with Crippen molar-refractivity contribution < 1.29 is 9.53 Å². The molecular weight excluding hydrogens is 428 g/mol. The van der Waals surface area contributed by atoms with Gasteiger partial charge in [0.2, 0.25) is 0 Å². The summed E-state index contributed by atoms with van der Waals surface area (Å²) in [6.45, 7) is -0.149. The van der Waals surface area contributed by atoms with Gasteiger partial charge in [0.1, 0.15) is 5.75 Å². The molecule has 0 bridgehead atoms. The van der Waals surface area contributed by atoms with Gasteiger partial charge in [-0.1, -0.05) is 48.0 Å². The number of benzene rings is 3. The van der Waals surface area contributed by atoms with Gasteiger partial charge >= 0.3 is 5.69 Å². The van der Waals surface area contributed by atoms with Crippen molar-refractivity contribution in [1.82, 2.24) is 19.2 Å². The second kappa shape index (κ2) is 7.94. The Morgan fingerprint density at radius 2 is 1.84 bits per heavy atom. The van der Waals surface area contributed by atoms with Crippen molar-refractivity contribution >= 4 is 33.9 Å². The van der Waals surface area contributed by atoms with Crippen LogP contribution in [0.4, 0.5) is 0 Å². The highest BCUT2D eigenvalue weighted by molar-refractivity contribution is 6.31. The number of hydrogen-bond acceptors (Lipinski definition) is 5. The minimum absolute atomic E-state index is 0.149. The summed E-state index contributed by atoms with van der Waals surface area (Å²) in [5.41, 5.74) is 1.73. The monoisotopic (exact) mass is 444 g/mol. The third-order valence-corrected chi connectivity index (χ3v) is 5.47. The zero-order valence-corrected chi connectivity index (χ0v) is 17.8. The Morgan fingerprint density at radius 1 is 1.03 bits per heavy atom. The number of carbonyl (C=O) groups excluding carboxylic acids is 1. The second-order valence-corrected chi connectivity index (χ2v) is 7.66. The van der Waals surface area contributed by atoms with Crippen LogP contribution >= 0.6 is 11.6 Å². The molecule has 0 unspecified atom stereocenters. The number of ether oxygens (including phenoxy) is 1. The summed E-state index contributed by atoms with van der Waals surface area (Å²) >= 11 is 6.03. The third-order valence-electron chi connectivity index (χ3n) is 5.23. The maximum absolute atomic E-state index is 13.4. The Labute approximate surface area is 187 Å². The minimum Gasteiger partial charge on any atom is -0.497 e. The highest BCUT2D eigenvalue weighted by atomic mass is 35.5. The van der Waals surface area contributed by atoms with Gasteiger partial charge in [0, 0.05) is 21.5 Å². The van der Waals surface area contributed by atoms with E-state index >= 15 is 0 Å². The molecule has 0 saturated heterocycles. The van der Waals surface area contributed by atoms with Crippen molar-refractivity contribution in [3.63, 3.8) is 0 Å². The number of nitrogens with zero attached hydrogens (tertiary/aromatic N) is 4. The first-order valence-corrected chi connectivity index (χ1v) is 10.2. The number of methoxy groups -OCH3 is 1. The van der Waals surface area contributed by atoms with Gasteiger partial charge in [0.15, 0.2) is 17.3 Å². The Kier molecular flexibility index (Phi) is 4.95. The molecule has 0 fully saturated rings. The normalized spacial score (nSPS) is 11.2. The molecule has 0 aliphatic carbocycles. The number of hydrogen-bond donors (Lipinski definition) is 0. The Balaban J connectivity index is 1.69. The standard InChI is InChI=1S/C24H17ClN4O3/c1-32-18-9-5-7-16(13-18)22-26-23-19-10-2-3-11-20(19)28(24(31)29(23)27-22)14-21(30)15-6-4-8-17(25)12-15/h2-13H,14H2,1H3. The lowest BCUT2D eigenvalue weighted by Crippen LogP contribution is -2.30. The zero-order valence-electron chi connectivity index (χ0n) is 17.0. The maximum Gasteiger partial charge on any atom is 0.351 e. The lowest BCUT2D eigenvalue weighted by molar-refractivity contribution is 0.0971. The quantitative estimate of drug-likeness (QED) is 0.378. The van der Waals surface area contributed by atoms with Crippen molar-refractivity contribution in [2.45, 2.75) is 6.54 Å². The van der Waals surface area contributed by atoms with Crippen molar-refractivity contribution in [3.05, 3.63) is 93.9 Å². The van der Waals surface area contributed by atoms with E-state index in [0.29, 0.717) is 38.7 Å². The van der Waals surface area contributed by atoms with Gasteiger partial charge < -0.3 is 4.74 Å². The molecule has 0 amide bonds. The smallest absolute Gasteiger partial charge is 0.351 e. The minimum atomic E-state index is -0.448. The molecule has 3 aromatic carbocycles. The van der Waals surface area contributed by atoms with E-state index in [9.17, 15) is 9.59 Å². The maximum atomic E-state index is 13.4. The van der Waals surface area contributed by atoms with Crippen LogP contribution in [0.5, 0.6) is 5.75 Å². The summed E-state index contributed by atoms with van der Waals surface area (Å²) in [4.78, 5) is 30.9. The fourth-order valence-electron chi connectivity index (χ4n) is 3.67. The molecule has 5 rings (SSSR count). The van der Waals surface area contributed by atoms with Gasteiger partial charge in [-0.05, 0) is 36.4 Å². The summed E-state index contributed by atoms with van der Waals surface area (Å²) in [5, 5.41) is 5.62. The first-order valence-electron chi connectivity index (χ1n) is 9.86. The van der Waals surface area contributed by atoms with Crippen molar-refractivity contribution in [2.75, 3.05) is 7.11 Å². The molecule has 2 aromatic heterocycles. The molecule has 0 atom stereocenters. The van der Waals surface area contributed by atoms with Gasteiger partial charge in [0.25, 0.3) is 0 Å². The number of para-hydroxylation sites is 1. The van der Waals surface area contributed by atoms with Crippen LogP contribution in [0.25, 0.3) is 27.9 Å². The zero-order chi connectivity index (χ0) is 22.2. The van der Waals surface area contributed by atoms with Crippen LogP contribution in [0, 0.1) is 0 Å². The SMILES string of the molecule is COc1cccc(-c2nc3c4ccccc4n(CC(=O)c4cccc(Cl)c4)c(=O)n3n2)c1. The van der Waals surface area contributed by atoms with E-state index in [1.54, 1.807) is 43.5 Å². The molecule has 0 radical (unpaired) electrons. The summed E-state index contributed by atoms with van der Waals surface area (Å²) in [6, 6.07) is 21.3. The highest BCUT2D eigenvalue weighted by Crippen LogP contribution is 2.24. The number of rotatable bonds is 5. The van der Waals surface area contributed by atoms with Crippen LogP contribution in [0.2, 0.25) is 5.02 Å². The van der Waals surface area contributed by atoms with Gasteiger partial charge in [-0.15, -0.1) is 5.10 Å². The average molecular weight is 445 g/mol. The molecular formula is C24H17ClN4O3. The van der Waals surface area contributed by atoms with E-state index in [0.717, 1.165) is 5.56 Å². The number of aromatic nitrogens is 4. The number of ketones is 1. The van der Waals surface area contributed by atoms with Crippen LogP contribution < -0.4 is 10.4 Å². The van der Waals surface area contributed by atoms with Gasteiger partial charge in [-0.25, -0.2) is 9.78 Å². The Hall–Kier alpha value is -3.97. The Morgan fingerprint density at radius 3 is 2.66 bits per heavy atom. The van der Waals surface area contributed by atoms with Gasteiger partial charge in [-0.3, -0.25) is 9.36 Å². The topological polar surface area (TPSA) is 78.5 Å². The molecule has 7 nitrogen and oxygen atoms in total. The fraction of sp³-hybridized carbons (Fsp3) is 0.0833. The average Bonchev–Trinajstić information content (AvgIpc) is 3.28. The third kappa shape index (κ3) is 3.42. The first-order chi connectivity index (χ1) is 15.5. The van der Waals surface area contributed by atoms with Crippen LogP contribution in [-0.2, 0) is 6.54 Å². The second-order valence-electron chi connectivity index (χ2n) is 7.22. The van der Waals surface area contributed by atoms with E-state index < -0.39 is 5.69 Å². The number of fused-ring (bicyclic) bond motifs is 3. The fourth-order valence-corrected chi connectivity index (χ4v) is 3.86. The van der Waals surface area contributed by atoms with E-state index in [1.165, 1.54) is 9.08 Å². The van der Waals surface area contributed by atoms with Crippen molar-refractivity contribution in [1.29, 1.82) is 0 Å². The van der Waals surface area contributed by atoms with E-state index in [-0.39, 0.29) is 12.3 Å². The summed E-state index contributed by atoms with van der Waals surface area (Å²) in [6.07, 6.45) is 0. The van der Waals surface area contributed by atoms with Crippen molar-refractivity contribution in [3.8, 4) is 17.1 Å². The van der Waals surface area contributed by atoms with Crippen LogP contribution in [0.1, 0.15) is 10.4 Å². The molecule has 32 heavy (non-hydrogen) atoms. The summed E-state index contributed by atoms with van der Waals surface area (Å²) in [5.74, 6) is 0.827. The van der Waals surface area contributed by atoms with E-state index in [4.69, 9.17) is 16.3 Å². The van der Waals surface area contributed by atoms with E-state index in [2.05, 4.69) is 10.1 Å². The van der Waals surface area contributed by atoms with Gasteiger partial charge in [-0.2, -0.15) is 4.52 Å². The lowest BCUT2D eigenvalue weighted by atomic mass is 10.1. The molecule has 0 N–H and O–H groups in total.